The zero-order valence-corrected chi connectivity index (χ0v) is 10.3. The first kappa shape index (κ1) is 15.3. The number of hydrogen-bond acceptors (Lipinski definition) is 5. The molecule has 0 atom stereocenters. The van der Waals surface area contributed by atoms with Gasteiger partial charge in [-0.2, -0.15) is 8.42 Å². The molecular formula is C8H18N2O5S. The van der Waals surface area contributed by atoms with E-state index in [4.69, 9.17) is 4.55 Å². The lowest BCUT2D eigenvalue weighted by atomic mass is 10.4. The summed E-state index contributed by atoms with van der Waals surface area (Å²) in [6, 6.07) is 0. The average molecular weight is 254 g/mol. The van der Waals surface area contributed by atoms with Crippen molar-refractivity contribution in [1.29, 1.82) is 0 Å². The predicted molar refractivity (Wildman–Crippen MR) is 58.3 cm³/mol. The molecule has 0 bridgehead atoms. The molecule has 0 fully saturated rings. The van der Waals surface area contributed by atoms with Crippen molar-refractivity contribution in [3.63, 3.8) is 0 Å². The Morgan fingerprint density at radius 3 is 2.50 bits per heavy atom. The molecule has 0 saturated carbocycles. The quantitative estimate of drug-likeness (QED) is 0.554. The summed E-state index contributed by atoms with van der Waals surface area (Å²) >= 11 is 0. The highest BCUT2D eigenvalue weighted by Gasteiger charge is 2.07. The van der Waals surface area contributed by atoms with Crippen molar-refractivity contribution < 1.29 is 21.9 Å². The predicted octanol–water partition coefficient (Wildman–Crippen LogP) is -0.736. The second-order valence-corrected chi connectivity index (χ2v) is 4.26. The fourth-order valence-electron chi connectivity index (χ4n) is 1.09. The van der Waals surface area contributed by atoms with Crippen LogP contribution in [0.15, 0.2) is 0 Å². The van der Waals surface area contributed by atoms with E-state index in [-0.39, 0.29) is 12.5 Å². The summed E-state index contributed by atoms with van der Waals surface area (Å²) in [5.74, 6) is -0.106. The number of hydrogen-bond donors (Lipinski definition) is 2. The van der Waals surface area contributed by atoms with Crippen LogP contribution in [0.1, 0.15) is 13.8 Å². The number of amides is 1. The lowest BCUT2D eigenvalue weighted by Crippen LogP contribution is -2.36. The molecule has 0 aromatic heterocycles. The Morgan fingerprint density at radius 1 is 1.44 bits per heavy atom. The summed E-state index contributed by atoms with van der Waals surface area (Å²) in [5.41, 5.74) is 0. The van der Waals surface area contributed by atoms with Gasteiger partial charge in [0.05, 0.1) is 6.61 Å². The molecule has 0 heterocycles. The van der Waals surface area contributed by atoms with Gasteiger partial charge in [-0.1, -0.05) is 6.92 Å². The van der Waals surface area contributed by atoms with Gasteiger partial charge >= 0.3 is 10.4 Å². The number of nitrogens with zero attached hydrogens (tertiary/aromatic N) is 1. The van der Waals surface area contributed by atoms with E-state index in [0.717, 1.165) is 0 Å². The van der Waals surface area contributed by atoms with Crippen LogP contribution >= 0.6 is 0 Å². The molecule has 7 nitrogen and oxygen atoms in total. The van der Waals surface area contributed by atoms with E-state index in [9.17, 15) is 13.2 Å². The van der Waals surface area contributed by atoms with E-state index in [0.29, 0.717) is 26.2 Å². The Balaban J connectivity index is 3.71. The SMILES string of the molecule is CCN(CCNC(C)=O)CCOS(=O)(=O)O. The summed E-state index contributed by atoms with van der Waals surface area (Å²) in [5, 5.41) is 2.63. The minimum Gasteiger partial charge on any atom is -0.355 e. The first-order valence-electron chi connectivity index (χ1n) is 4.93. The molecule has 0 rings (SSSR count). The van der Waals surface area contributed by atoms with Crippen LogP contribution in [-0.2, 0) is 19.4 Å². The third kappa shape index (κ3) is 9.84. The summed E-state index contributed by atoms with van der Waals surface area (Å²) < 4.78 is 33.0. The van der Waals surface area contributed by atoms with Gasteiger partial charge in [0, 0.05) is 26.6 Å². The molecule has 0 aromatic rings. The van der Waals surface area contributed by atoms with E-state index in [2.05, 4.69) is 9.50 Å². The maximum absolute atomic E-state index is 10.6. The molecule has 0 spiro atoms. The van der Waals surface area contributed by atoms with Crippen LogP contribution in [-0.4, -0.2) is 56.6 Å². The normalized spacial score (nSPS) is 11.8. The van der Waals surface area contributed by atoms with Crippen molar-refractivity contribution in [3.8, 4) is 0 Å². The number of rotatable bonds is 8. The van der Waals surface area contributed by atoms with Gasteiger partial charge < -0.3 is 5.32 Å². The molecule has 1 amide bonds. The molecule has 8 heteroatoms. The Labute approximate surface area is 95.7 Å². The molecule has 16 heavy (non-hydrogen) atoms. The first-order valence-corrected chi connectivity index (χ1v) is 6.30. The third-order valence-corrected chi connectivity index (χ3v) is 2.35. The standard InChI is InChI=1S/C8H18N2O5S/c1-3-10(5-4-9-8(2)11)6-7-15-16(12,13)14/h3-7H2,1-2H3,(H,9,11)(H,12,13,14). The minimum atomic E-state index is -4.36. The van der Waals surface area contributed by atoms with Crippen LogP contribution in [0.5, 0.6) is 0 Å². The van der Waals surface area contributed by atoms with Crippen LogP contribution in [0.2, 0.25) is 0 Å². The van der Waals surface area contributed by atoms with Crippen LogP contribution < -0.4 is 5.32 Å². The van der Waals surface area contributed by atoms with Crippen LogP contribution in [0.25, 0.3) is 0 Å². The van der Waals surface area contributed by atoms with Crippen molar-refractivity contribution in [3.05, 3.63) is 0 Å². The summed E-state index contributed by atoms with van der Waals surface area (Å²) in [4.78, 5) is 12.5. The first-order chi connectivity index (χ1) is 7.35. The highest BCUT2D eigenvalue weighted by molar-refractivity contribution is 7.80. The summed E-state index contributed by atoms with van der Waals surface area (Å²) in [6.07, 6.45) is 0. The molecule has 0 radical (unpaired) electrons. The smallest absolute Gasteiger partial charge is 0.355 e. The topological polar surface area (TPSA) is 95.9 Å². The van der Waals surface area contributed by atoms with Gasteiger partial charge in [0.15, 0.2) is 0 Å². The molecule has 0 unspecified atom stereocenters. The van der Waals surface area contributed by atoms with Gasteiger partial charge in [-0.3, -0.25) is 14.2 Å². The van der Waals surface area contributed by atoms with Gasteiger partial charge in [0.25, 0.3) is 0 Å². The molecule has 0 saturated heterocycles. The fourth-order valence-corrected chi connectivity index (χ4v) is 1.37. The van der Waals surface area contributed by atoms with Gasteiger partial charge in [0.2, 0.25) is 5.91 Å². The molecule has 0 aliphatic heterocycles. The van der Waals surface area contributed by atoms with Crippen molar-refractivity contribution in [1.82, 2.24) is 10.2 Å². The Kier molecular flexibility index (Phi) is 7.22. The van der Waals surface area contributed by atoms with E-state index in [1.165, 1.54) is 6.92 Å². The number of carbonyl (C=O) groups is 1. The maximum atomic E-state index is 10.6. The van der Waals surface area contributed by atoms with Gasteiger partial charge in [-0.05, 0) is 6.54 Å². The van der Waals surface area contributed by atoms with Gasteiger partial charge in [0.1, 0.15) is 0 Å². The summed E-state index contributed by atoms with van der Waals surface area (Å²) in [7, 11) is -4.36. The van der Waals surface area contributed by atoms with Crippen molar-refractivity contribution in [2.75, 3.05) is 32.8 Å². The average Bonchev–Trinajstić information content (AvgIpc) is 2.13. The lowest BCUT2D eigenvalue weighted by Gasteiger charge is -2.19. The Hall–Kier alpha value is -0.700. The van der Waals surface area contributed by atoms with E-state index < -0.39 is 10.4 Å². The van der Waals surface area contributed by atoms with Crippen molar-refractivity contribution in [2.45, 2.75) is 13.8 Å². The monoisotopic (exact) mass is 254 g/mol. The Bertz CT molecular complexity index is 304. The van der Waals surface area contributed by atoms with E-state index in [1.54, 1.807) is 0 Å². The minimum absolute atomic E-state index is 0.104. The van der Waals surface area contributed by atoms with Gasteiger partial charge in [-0.25, -0.2) is 4.18 Å². The van der Waals surface area contributed by atoms with Gasteiger partial charge in [-0.15, -0.1) is 0 Å². The van der Waals surface area contributed by atoms with Crippen LogP contribution in [0.4, 0.5) is 0 Å². The largest absolute Gasteiger partial charge is 0.397 e. The molecule has 0 aliphatic carbocycles. The maximum Gasteiger partial charge on any atom is 0.397 e. The molecule has 0 aromatic carbocycles. The van der Waals surface area contributed by atoms with Crippen molar-refractivity contribution >= 4 is 16.3 Å². The Morgan fingerprint density at radius 2 is 2.06 bits per heavy atom. The number of carbonyl (C=O) groups excluding carboxylic acids is 1. The van der Waals surface area contributed by atoms with Crippen LogP contribution in [0, 0.1) is 0 Å². The second-order valence-electron chi connectivity index (χ2n) is 3.17. The van der Waals surface area contributed by atoms with Crippen LogP contribution in [0.3, 0.4) is 0 Å². The zero-order chi connectivity index (χ0) is 12.6. The molecule has 0 aliphatic rings. The molecular weight excluding hydrogens is 236 g/mol. The van der Waals surface area contributed by atoms with E-state index in [1.807, 2.05) is 11.8 Å². The summed E-state index contributed by atoms with van der Waals surface area (Å²) in [6.45, 7) is 5.40. The molecule has 96 valence electrons. The number of nitrogens with one attached hydrogen (secondary N) is 1. The number of likely N-dealkylation sites (N-methyl/N-ethyl adjacent to an activating group) is 1. The van der Waals surface area contributed by atoms with Crippen molar-refractivity contribution in [2.24, 2.45) is 0 Å². The molecule has 2 N–H and O–H groups in total. The van der Waals surface area contributed by atoms with E-state index >= 15 is 0 Å². The highest BCUT2D eigenvalue weighted by atomic mass is 32.3. The zero-order valence-electron chi connectivity index (χ0n) is 9.47. The fraction of sp³-hybridized carbons (Fsp3) is 0.875. The second kappa shape index (κ2) is 7.55. The lowest BCUT2D eigenvalue weighted by molar-refractivity contribution is -0.119. The third-order valence-electron chi connectivity index (χ3n) is 1.89. The highest BCUT2D eigenvalue weighted by Crippen LogP contribution is 1.90.